The van der Waals surface area contributed by atoms with Crippen LogP contribution in [0.4, 0.5) is 14.5 Å². The van der Waals surface area contributed by atoms with Crippen molar-refractivity contribution in [2.45, 2.75) is 13.2 Å². The molecule has 1 aromatic rings. The Bertz CT molecular complexity index is 682. The van der Waals surface area contributed by atoms with E-state index in [4.69, 9.17) is 5.11 Å². The molecule has 0 unspecified atom stereocenters. The third-order valence-corrected chi connectivity index (χ3v) is 4.06. The second-order valence-corrected chi connectivity index (χ2v) is 5.99. The molecule has 3 rings (SSSR count). The molecule has 2 atom stereocenters. The molecule has 7 nitrogen and oxygen atoms in total. The zero-order valence-corrected chi connectivity index (χ0v) is 12.8. The number of aliphatic carboxylic acids is 1. The summed E-state index contributed by atoms with van der Waals surface area (Å²) in [7, 11) is 0. The number of ether oxygens (including phenoxy) is 2. The Kier molecular flexibility index (Phi) is 4.04. The van der Waals surface area contributed by atoms with Crippen LogP contribution >= 0.6 is 0 Å². The van der Waals surface area contributed by atoms with Gasteiger partial charge in [-0.25, -0.2) is 0 Å². The lowest BCUT2D eigenvalue weighted by molar-refractivity contribution is -0.286. The van der Waals surface area contributed by atoms with E-state index in [1.165, 1.54) is 18.2 Å². The maximum absolute atomic E-state index is 13.0. The van der Waals surface area contributed by atoms with Crippen LogP contribution in [-0.4, -0.2) is 47.8 Å². The average Bonchev–Trinajstić information content (AvgIpc) is 2.96. The smallest absolute Gasteiger partial charge is 0.481 e. The normalized spacial score (nSPS) is 24.8. The zero-order chi connectivity index (χ0) is 17.5. The van der Waals surface area contributed by atoms with Crippen LogP contribution in [0.3, 0.4) is 0 Å². The Hall–Kier alpha value is -2.42. The van der Waals surface area contributed by atoms with Crippen LogP contribution in [0.15, 0.2) is 18.2 Å². The van der Waals surface area contributed by atoms with Crippen molar-refractivity contribution in [3.63, 3.8) is 0 Å². The van der Waals surface area contributed by atoms with Gasteiger partial charge in [0, 0.05) is 24.8 Å². The van der Waals surface area contributed by atoms with Gasteiger partial charge >= 0.3 is 12.3 Å². The maximum atomic E-state index is 13.0. The van der Waals surface area contributed by atoms with Gasteiger partial charge in [0.25, 0.3) is 0 Å². The van der Waals surface area contributed by atoms with Gasteiger partial charge in [-0.1, -0.05) is 6.92 Å². The van der Waals surface area contributed by atoms with E-state index in [1.54, 1.807) is 4.90 Å². The summed E-state index contributed by atoms with van der Waals surface area (Å²) < 4.78 is 34.5. The van der Waals surface area contributed by atoms with Crippen molar-refractivity contribution in [3.8, 4) is 11.5 Å². The van der Waals surface area contributed by atoms with Gasteiger partial charge in [-0.15, -0.1) is 8.78 Å². The van der Waals surface area contributed by atoms with Crippen LogP contribution in [0.2, 0.25) is 0 Å². The molecule has 0 bridgehead atoms. The van der Waals surface area contributed by atoms with Crippen molar-refractivity contribution >= 4 is 17.6 Å². The molecule has 0 spiro atoms. The SMILES string of the molecule is C[C@@H]1CN(CC(=O)Nc2ccc3c(c2)OC(F)(F)O3)C[C@H]1C(=O)O. The van der Waals surface area contributed by atoms with E-state index in [9.17, 15) is 18.4 Å². The maximum Gasteiger partial charge on any atom is 0.586 e. The van der Waals surface area contributed by atoms with Gasteiger partial charge in [0.1, 0.15) is 0 Å². The summed E-state index contributed by atoms with van der Waals surface area (Å²) in [6.45, 7) is 2.67. The third-order valence-electron chi connectivity index (χ3n) is 4.06. The van der Waals surface area contributed by atoms with Crippen LogP contribution in [0.1, 0.15) is 6.92 Å². The van der Waals surface area contributed by atoms with Gasteiger partial charge in [0.05, 0.1) is 12.5 Å². The molecule has 0 aliphatic carbocycles. The summed E-state index contributed by atoms with van der Waals surface area (Å²) in [5.74, 6) is -2.02. The van der Waals surface area contributed by atoms with E-state index in [1.807, 2.05) is 6.92 Å². The molecule has 2 aliphatic rings. The minimum Gasteiger partial charge on any atom is -0.481 e. The molecule has 0 saturated carbocycles. The van der Waals surface area contributed by atoms with Crippen molar-refractivity contribution in [2.75, 3.05) is 25.0 Å². The predicted molar refractivity (Wildman–Crippen MR) is 78.0 cm³/mol. The minimum absolute atomic E-state index is 0.0265. The Balaban J connectivity index is 1.58. The lowest BCUT2D eigenvalue weighted by Gasteiger charge is -2.15. The molecule has 24 heavy (non-hydrogen) atoms. The fourth-order valence-electron chi connectivity index (χ4n) is 2.95. The van der Waals surface area contributed by atoms with Crippen molar-refractivity contribution in [1.82, 2.24) is 4.90 Å². The molecule has 2 heterocycles. The summed E-state index contributed by atoms with van der Waals surface area (Å²) in [6.07, 6.45) is -3.71. The second-order valence-electron chi connectivity index (χ2n) is 5.99. The lowest BCUT2D eigenvalue weighted by atomic mass is 9.99. The number of fused-ring (bicyclic) bond motifs is 1. The summed E-state index contributed by atoms with van der Waals surface area (Å²) in [5, 5.41) is 11.7. The minimum atomic E-state index is -3.71. The highest BCUT2D eigenvalue weighted by Gasteiger charge is 2.43. The van der Waals surface area contributed by atoms with E-state index in [0.717, 1.165) is 0 Å². The van der Waals surface area contributed by atoms with Gasteiger partial charge in [0.2, 0.25) is 5.91 Å². The number of anilines is 1. The van der Waals surface area contributed by atoms with E-state index in [0.29, 0.717) is 18.8 Å². The number of benzene rings is 1. The molecule has 0 radical (unpaired) electrons. The van der Waals surface area contributed by atoms with Crippen LogP contribution in [0.25, 0.3) is 0 Å². The number of hydrogen-bond acceptors (Lipinski definition) is 5. The number of amides is 1. The molecule has 1 saturated heterocycles. The zero-order valence-electron chi connectivity index (χ0n) is 12.8. The standard InChI is InChI=1S/C15H16F2N2O5/c1-8-5-19(6-10(8)14(21)22)7-13(20)18-9-2-3-11-12(4-9)24-15(16,17)23-11/h2-4,8,10H,5-7H2,1H3,(H,18,20)(H,21,22)/t8-,10-/m1/s1. The van der Waals surface area contributed by atoms with Crippen LogP contribution in [-0.2, 0) is 9.59 Å². The molecule has 0 aromatic heterocycles. The van der Waals surface area contributed by atoms with Crippen molar-refractivity contribution < 1.29 is 33.0 Å². The first-order valence-corrected chi connectivity index (χ1v) is 7.38. The number of carboxylic acids is 1. The number of hydrogen-bond donors (Lipinski definition) is 2. The van der Waals surface area contributed by atoms with Gasteiger partial charge in [0.15, 0.2) is 11.5 Å². The number of alkyl halides is 2. The fourth-order valence-corrected chi connectivity index (χ4v) is 2.95. The number of carboxylic acid groups (broad SMARTS) is 1. The number of nitrogens with zero attached hydrogens (tertiary/aromatic N) is 1. The number of carbonyl (C=O) groups excluding carboxylic acids is 1. The van der Waals surface area contributed by atoms with Crippen molar-refractivity contribution in [2.24, 2.45) is 11.8 Å². The monoisotopic (exact) mass is 342 g/mol. The van der Waals surface area contributed by atoms with Gasteiger partial charge in [-0.3, -0.25) is 14.5 Å². The summed E-state index contributed by atoms with van der Waals surface area (Å²) in [5.41, 5.74) is 0.294. The fraction of sp³-hybridized carbons (Fsp3) is 0.467. The highest BCUT2D eigenvalue weighted by molar-refractivity contribution is 5.92. The van der Waals surface area contributed by atoms with Gasteiger partial charge < -0.3 is 19.9 Å². The van der Waals surface area contributed by atoms with E-state index >= 15 is 0 Å². The third kappa shape index (κ3) is 3.40. The first-order chi connectivity index (χ1) is 11.2. The molecule has 130 valence electrons. The van der Waals surface area contributed by atoms with Gasteiger partial charge in [-0.05, 0) is 18.1 Å². The highest BCUT2D eigenvalue weighted by atomic mass is 19.3. The Labute approximate surface area is 136 Å². The molecule has 9 heteroatoms. The number of carbonyl (C=O) groups is 2. The van der Waals surface area contributed by atoms with Crippen LogP contribution < -0.4 is 14.8 Å². The molecule has 1 aromatic carbocycles. The summed E-state index contributed by atoms with van der Waals surface area (Å²) >= 11 is 0. The Morgan fingerprint density at radius 1 is 1.33 bits per heavy atom. The first kappa shape index (κ1) is 16.4. The summed E-state index contributed by atoms with van der Waals surface area (Å²) in [4.78, 5) is 24.9. The largest absolute Gasteiger partial charge is 0.586 e. The number of likely N-dealkylation sites (tertiary alicyclic amines) is 1. The molecular weight excluding hydrogens is 326 g/mol. The average molecular weight is 342 g/mol. The van der Waals surface area contributed by atoms with E-state index in [2.05, 4.69) is 14.8 Å². The molecule has 1 fully saturated rings. The van der Waals surface area contributed by atoms with E-state index in [-0.39, 0.29) is 29.9 Å². The number of nitrogens with one attached hydrogen (secondary N) is 1. The highest BCUT2D eigenvalue weighted by Crippen LogP contribution is 2.42. The summed E-state index contributed by atoms with van der Waals surface area (Å²) in [6, 6.07) is 3.96. The molecule has 2 aliphatic heterocycles. The van der Waals surface area contributed by atoms with Crippen molar-refractivity contribution in [1.29, 1.82) is 0 Å². The molecule has 2 N–H and O–H groups in total. The topological polar surface area (TPSA) is 88.1 Å². The second kappa shape index (κ2) is 5.90. The van der Waals surface area contributed by atoms with Crippen LogP contribution in [0.5, 0.6) is 11.5 Å². The van der Waals surface area contributed by atoms with Crippen LogP contribution in [0, 0.1) is 11.8 Å². The Morgan fingerprint density at radius 2 is 2.04 bits per heavy atom. The van der Waals surface area contributed by atoms with Crippen molar-refractivity contribution in [3.05, 3.63) is 18.2 Å². The number of halogens is 2. The number of rotatable bonds is 4. The molecule has 1 amide bonds. The lowest BCUT2D eigenvalue weighted by Crippen LogP contribution is -2.32. The first-order valence-electron chi connectivity index (χ1n) is 7.38. The predicted octanol–water partition coefficient (Wildman–Crippen LogP) is 1.60. The molecular formula is C15H16F2N2O5. The quantitative estimate of drug-likeness (QED) is 0.864. The Morgan fingerprint density at radius 3 is 2.71 bits per heavy atom. The van der Waals surface area contributed by atoms with Gasteiger partial charge in [-0.2, -0.15) is 0 Å². The van der Waals surface area contributed by atoms with E-state index < -0.39 is 18.2 Å².